The van der Waals surface area contributed by atoms with E-state index in [-0.39, 0.29) is 5.75 Å². The van der Waals surface area contributed by atoms with Crippen LogP contribution in [0, 0.1) is 17.8 Å². The van der Waals surface area contributed by atoms with Gasteiger partial charge in [0.05, 0.1) is 25.1 Å². The molecule has 8 rings (SSSR count). The number of nitrogens with two attached hydrogens (primary N) is 1. The Morgan fingerprint density at radius 2 is 1.43 bits per heavy atom. The molecule has 9 heteroatoms. The zero-order chi connectivity index (χ0) is 35.3. The number of anilines is 1. The molecule has 3 aliphatic heterocycles. The topological polar surface area (TPSA) is 131 Å². The average Bonchev–Trinajstić information content (AvgIpc) is 3.64. The van der Waals surface area contributed by atoms with E-state index in [1.165, 1.54) is 12.1 Å². The standard InChI is InChI=1S/C42H33N3O6/c1-50-31-21-14-25(15-22-31)12-13-26-16-23-33-32(24-26)42(41(49)44-33)34(39(43)47)36-40(48)51-37(28-10-6-3-7-11-28)35(27-8-4-2-5-9-27)45(36)38(42)29-17-19-30(46)20-18-29/h2-11,14-24,34-38,46H,1H3,(H2,43,47)(H,44,49)/t34-,35-,36-,37+,38+,42-/m0/s1. The van der Waals surface area contributed by atoms with Crippen LogP contribution in [0.15, 0.2) is 127 Å². The SMILES string of the molecule is COc1ccc(C#Cc2ccc3c(c2)[C@]2(C(=O)N3)[C@H](C(N)=O)[C@H]3C(=O)O[C@H](c4ccccc4)[C@H](c4ccccc4)N3[C@@H]2c2ccc(O)cc2)cc1. The number of phenols is 1. The number of hydrogen-bond donors (Lipinski definition) is 3. The molecule has 0 saturated carbocycles. The summed E-state index contributed by atoms with van der Waals surface area (Å²) >= 11 is 0. The van der Waals surface area contributed by atoms with Crippen molar-refractivity contribution in [3.63, 3.8) is 0 Å². The molecule has 9 nitrogen and oxygen atoms in total. The Morgan fingerprint density at radius 1 is 0.804 bits per heavy atom. The number of methoxy groups -OCH3 is 1. The number of phenolic OH excluding ortho intramolecular Hbond substituents is 1. The number of fused-ring (bicyclic) bond motifs is 3. The number of nitrogens with zero attached hydrogens (tertiary/aromatic N) is 1. The van der Waals surface area contributed by atoms with Crippen LogP contribution in [-0.4, -0.2) is 40.9 Å². The predicted molar refractivity (Wildman–Crippen MR) is 189 cm³/mol. The second-order valence-electron chi connectivity index (χ2n) is 13.0. The molecule has 0 aliphatic carbocycles. The van der Waals surface area contributed by atoms with Gasteiger partial charge in [-0.05, 0) is 76.9 Å². The number of esters is 1. The van der Waals surface area contributed by atoms with E-state index in [0.29, 0.717) is 28.1 Å². The average molecular weight is 676 g/mol. The van der Waals surface area contributed by atoms with Crippen LogP contribution >= 0.6 is 0 Å². The third kappa shape index (κ3) is 5.11. The first-order valence-corrected chi connectivity index (χ1v) is 16.6. The molecule has 2 saturated heterocycles. The molecule has 0 radical (unpaired) electrons. The number of primary amides is 1. The molecule has 1 spiro atoms. The fourth-order valence-corrected chi connectivity index (χ4v) is 8.18. The van der Waals surface area contributed by atoms with Gasteiger partial charge in [-0.3, -0.25) is 19.3 Å². The third-order valence-corrected chi connectivity index (χ3v) is 10.3. The number of cyclic esters (lactones) is 1. The molecule has 0 bridgehead atoms. The van der Waals surface area contributed by atoms with Crippen molar-refractivity contribution >= 4 is 23.5 Å². The van der Waals surface area contributed by atoms with Crippen molar-refractivity contribution in [3.8, 4) is 23.3 Å². The van der Waals surface area contributed by atoms with Crippen LogP contribution in [0.3, 0.4) is 0 Å². The van der Waals surface area contributed by atoms with Gasteiger partial charge in [0.15, 0.2) is 0 Å². The van der Waals surface area contributed by atoms with Crippen molar-refractivity contribution in [1.29, 1.82) is 0 Å². The van der Waals surface area contributed by atoms with Crippen LogP contribution in [-0.2, 0) is 24.5 Å². The molecule has 0 unspecified atom stereocenters. The van der Waals surface area contributed by atoms with E-state index in [1.54, 1.807) is 31.4 Å². The summed E-state index contributed by atoms with van der Waals surface area (Å²) in [4.78, 5) is 45.1. The Morgan fingerprint density at radius 3 is 2.08 bits per heavy atom. The number of nitrogens with one attached hydrogen (secondary N) is 1. The smallest absolute Gasteiger partial charge is 0.324 e. The van der Waals surface area contributed by atoms with Crippen molar-refractivity contribution < 1.29 is 29.0 Å². The van der Waals surface area contributed by atoms with Crippen LogP contribution in [0.1, 0.15) is 51.6 Å². The van der Waals surface area contributed by atoms with E-state index in [9.17, 15) is 19.5 Å². The van der Waals surface area contributed by atoms with Gasteiger partial charge >= 0.3 is 5.97 Å². The maximum Gasteiger partial charge on any atom is 0.324 e. The van der Waals surface area contributed by atoms with Gasteiger partial charge in [-0.15, -0.1) is 0 Å². The first kappa shape index (κ1) is 31.9. The molecule has 6 atom stereocenters. The summed E-state index contributed by atoms with van der Waals surface area (Å²) in [6.45, 7) is 0. The quantitative estimate of drug-likeness (QED) is 0.164. The highest BCUT2D eigenvalue weighted by molar-refractivity contribution is 6.12. The fourth-order valence-electron chi connectivity index (χ4n) is 8.18. The number of carbonyl (C=O) groups is 3. The second kappa shape index (κ2) is 12.5. The van der Waals surface area contributed by atoms with Gasteiger partial charge in [0.25, 0.3) is 0 Å². The molecular weight excluding hydrogens is 642 g/mol. The molecule has 252 valence electrons. The van der Waals surface area contributed by atoms with Crippen LogP contribution in [0.4, 0.5) is 5.69 Å². The van der Waals surface area contributed by atoms with Gasteiger partial charge in [-0.1, -0.05) is 84.6 Å². The Bertz CT molecular complexity index is 2210. The van der Waals surface area contributed by atoms with Crippen LogP contribution in [0.2, 0.25) is 0 Å². The maximum atomic E-state index is 14.8. The minimum Gasteiger partial charge on any atom is -0.508 e. The number of amides is 2. The summed E-state index contributed by atoms with van der Waals surface area (Å²) in [5.74, 6) is 3.84. The van der Waals surface area contributed by atoms with Gasteiger partial charge < -0.3 is 25.6 Å². The van der Waals surface area contributed by atoms with Gasteiger partial charge in [0.1, 0.15) is 29.1 Å². The van der Waals surface area contributed by atoms with Crippen molar-refractivity contribution in [3.05, 3.63) is 161 Å². The normalized spacial score (nSPS) is 24.8. The molecular formula is C42H33N3O6. The van der Waals surface area contributed by atoms with E-state index < -0.39 is 53.3 Å². The number of benzene rings is 5. The lowest BCUT2D eigenvalue weighted by atomic mass is 9.65. The Hall–Kier alpha value is -6.37. The van der Waals surface area contributed by atoms with Gasteiger partial charge in [0.2, 0.25) is 11.8 Å². The Labute approximate surface area is 294 Å². The lowest BCUT2D eigenvalue weighted by molar-refractivity contribution is -0.178. The zero-order valence-electron chi connectivity index (χ0n) is 27.5. The highest BCUT2D eigenvalue weighted by Gasteiger charge is 2.73. The number of aromatic hydroxyl groups is 1. The highest BCUT2D eigenvalue weighted by Crippen LogP contribution is 2.64. The number of carbonyl (C=O) groups excluding carboxylic acids is 3. The van der Waals surface area contributed by atoms with E-state index in [4.69, 9.17) is 15.2 Å². The lowest BCUT2D eigenvalue weighted by Crippen LogP contribution is -2.53. The van der Waals surface area contributed by atoms with Crippen molar-refractivity contribution in [1.82, 2.24) is 4.90 Å². The van der Waals surface area contributed by atoms with E-state index in [1.807, 2.05) is 95.9 Å². The number of rotatable bonds is 5. The van der Waals surface area contributed by atoms with Crippen LogP contribution < -0.4 is 15.8 Å². The number of morpholine rings is 1. The molecule has 2 fully saturated rings. The summed E-state index contributed by atoms with van der Waals surface area (Å²) in [6.07, 6.45) is -0.786. The third-order valence-electron chi connectivity index (χ3n) is 10.3. The number of ether oxygens (including phenoxy) is 2. The zero-order valence-corrected chi connectivity index (χ0v) is 27.5. The molecule has 4 N–H and O–H groups in total. The summed E-state index contributed by atoms with van der Waals surface area (Å²) < 4.78 is 11.6. The van der Waals surface area contributed by atoms with Crippen molar-refractivity contribution in [2.45, 2.75) is 29.6 Å². The largest absolute Gasteiger partial charge is 0.508 e. The van der Waals surface area contributed by atoms with Crippen molar-refractivity contribution in [2.24, 2.45) is 11.7 Å². The van der Waals surface area contributed by atoms with E-state index >= 15 is 0 Å². The number of hydrogen-bond acceptors (Lipinski definition) is 7. The van der Waals surface area contributed by atoms with E-state index in [0.717, 1.165) is 16.7 Å². The molecule has 2 amide bonds. The van der Waals surface area contributed by atoms with E-state index in [2.05, 4.69) is 17.2 Å². The summed E-state index contributed by atoms with van der Waals surface area (Å²) in [7, 11) is 1.60. The molecule has 0 aromatic heterocycles. The summed E-state index contributed by atoms with van der Waals surface area (Å²) in [6, 6.07) is 35.5. The van der Waals surface area contributed by atoms with Crippen molar-refractivity contribution in [2.75, 3.05) is 12.4 Å². The van der Waals surface area contributed by atoms with Gasteiger partial charge in [-0.25, -0.2) is 0 Å². The van der Waals surface area contributed by atoms with Gasteiger partial charge in [-0.2, -0.15) is 0 Å². The molecule has 51 heavy (non-hydrogen) atoms. The van der Waals surface area contributed by atoms with Crippen LogP contribution in [0.25, 0.3) is 0 Å². The lowest BCUT2D eigenvalue weighted by Gasteiger charge is -2.46. The summed E-state index contributed by atoms with van der Waals surface area (Å²) in [5.41, 5.74) is 9.17. The summed E-state index contributed by atoms with van der Waals surface area (Å²) in [5, 5.41) is 13.4. The minimum absolute atomic E-state index is 0.0287. The Balaban J connectivity index is 1.38. The fraction of sp³-hybridized carbons (Fsp3) is 0.167. The molecule has 5 aromatic carbocycles. The van der Waals surface area contributed by atoms with Gasteiger partial charge in [0, 0.05) is 16.8 Å². The maximum absolute atomic E-state index is 14.8. The highest BCUT2D eigenvalue weighted by atomic mass is 16.6. The predicted octanol–water partition coefficient (Wildman–Crippen LogP) is 5.56. The van der Waals surface area contributed by atoms with Crippen LogP contribution in [0.5, 0.6) is 11.5 Å². The molecule has 3 aliphatic rings. The molecule has 5 aromatic rings. The minimum atomic E-state index is -1.68. The monoisotopic (exact) mass is 675 g/mol. The molecule has 3 heterocycles. The first-order valence-electron chi connectivity index (χ1n) is 16.6. The Kier molecular flexibility index (Phi) is 7.81. The second-order valence-corrected chi connectivity index (χ2v) is 13.0. The first-order chi connectivity index (χ1) is 24.8.